The van der Waals surface area contributed by atoms with Gasteiger partial charge in [-0.15, -0.1) is 0 Å². The Labute approximate surface area is 119 Å². The monoisotopic (exact) mass is 278 g/mol. The van der Waals surface area contributed by atoms with Gasteiger partial charge in [-0.1, -0.05) is 0 Å². The second-order valence-electron chi connectivity index (χ2n) is 4.91. The van der Waals surface area contributed by atoms with Crippen LogP contribution in [0.25, 0.3) is 0 Å². The van der Waals surface area contributed by atoms with Gasteiger partial charge in [-0.25, -0.2) is 10.3 Å². The minimum Gasteiger partial charge on any atom is -0.375 e. The number of rotatable bonds is 5. The minimum atomic E-state index is -0.321. The Kier molecular flexibility index (Phi) is 5.38. The number of carbonyl (C=O) groups is 1. The number of nitrogens with one attached hydrogen (secondary N) is 1. The Bertz CT molecular complexity index is 427. The molecular formula is C15H22N2O3. The molecule has 5 heteroatoms. The van der Waals surface area contributed by atoms with Crippen molar-refractivity contribution in [2.24, 2.45) is 0 Å². The van der Waals surface area contributed by atoms with Crippen molar-refractivity contribution in [3.05, 3.63) is 29.8 Å². The zero-order valence-electron chi connectivity index (χ0n) is 12.1. The molecule has 20 heavy (non-hydrogen) atoms. The molecule has 0 spiro atoms. The van der Waals surface area contributed by atoms with Crippen molar-refractivity contribution in [1.29, 1.82) is 0 Å². The van der Waals surface area contributed by atoms with Crippen molar-refractivity contribution < 1.29 is 14.4 Å². The lowest BCUT2D eigenvalue weighted by Gasteiger charge is -2.22. The van der Waals surface area contributed by atoms with Gasteiger partial charge in [0.25, 0.3) is 5.91 Å². The number of hydrogen-bond acceptors (Lipinski definition) is 4. The van der Waals surface area contributed by atoms with Crippen LogP contribution in [-0.2, 0) is 9.57 Å². The number of hydroxylamine groups is 1. The Hall–Kier alpha value is -1.59. The smallest absolute Gasteiger partial charge is 0.274 e. The largest absolute Gasteiger partial charge is 0.375 e. The minimum absolute atomic E-state index is 0.245. The molecule has 5 nitrogen and oxygen atoms in total. The van der Waals surface area contributed by atoms with Crippen LogP contribution < -0.4 is 10.4 Å². The van der Waals surface area contributed by atoms with Gasteiger partial charge in [0.2, 0.25) is 0 Å². The van der Waals surface area contributed by atoms with E-state index in [4.69, 9.17) is 9.57 Å². The van der Waals surface area contributed by atoms with Crippen LogP contribution in [0.5, 0.6) is 0 Å². The molecule has 1 aromatic rings. The first-order valence-corrected chi connectivity index (χ1v) is 7.09. The van der Waals surface area contributed by atoms with Crippen LogP contribution in [-0.4, -0.2) is 32.4 Å². The first kappa shape index (κ1) is 14.8. The van der Waals surface area contributed by atoms with Gasteiger partial charge in [0.05, 0.1) is 0 Å². The van der Waals surface area contributed by atoms with Crippen molar-refractivity contribution in [1.82, 2.24) is 5.48 Å². The molecule has 1 aromatic carbocycles. The zero-order valence-corrected chi connectivity index (χ0v) is 12.1. The van der Waals surface area contributed by atoms with Gasteiger partial charge in [0, 0.05) is 37.9 Å². The number of carbonyl (C=O) groups excluding carboxylic acids is 1. The molecule has 0 unspecified atom stereocenters. The zero-order chi connectivity index (χ0) is 14.4. The summed E-state index contributed by atoms with van der Waals surface area (Å²) >= 11 is 0. The van der Waals surface area contributed by atoms with Gasteiger partial charge < -0.3 is 9.64 Å². The highest BCUT2D eigenvalue weighted by atomic mass is 16.8. The quantitative estimate of drug-likeness (QED) is 0.840. The van der Waals surface area contributed by atoms with Crippen molar-refractivity contribution in [2.75, 3.05) is 25.1 Å². The van der Waals surface area contributed by atoms with E-state index < -0.39 is 0 Å². The lowest BCUT2D eigenvalue weighted by molar-refractivity contribution is -0.186. The maximum absolute atomic E-state index is 11.9. The van der Waals surface area contributed by atoms with Gasteiger partial charge in [0.1, 0.15) is 0 Å². The van der Waals surface area contributed by atoms with Crippen LogP contribution in [0.4, 0.5) is 5.69 Å². The Morgan fingerprint density at radius 3 is 2.75 bits per heavy atom. The highest BCUT2D eigenvalue weighted by molar-refractivity contribution is 5.93. The molecule has 110 valence electrons. The van der Waals surface area contributed by atoms with Crippen LogP contribution in [0.2, 0.25) is 0 Å². The van der Waals surface area contributed by atoms with Crippen molar-refractivity contribution in [3.63, 3.8) is 0 Å². The second kappa shape index (κ2) is 7.26. The molecule has 0 radical (unpaired) electrons. The average molecular weight is 278 g/mol. The van der Waals surface area contributed by atoms with E-state index in [1.807, 2.05) is 19.2 Å². The molecule has 1 atom stereocenters. The number of hydrogen-bond donors (Lipinski definition) is 1. The fourth-order valence-electron chi connectivity index (χ4n) is 2.03. The first-order valence-electron chi connectivity index (χ1n) is 7.09. The summed E-state index contributed by atoms with van der Waals surface area (Å²) in [5.74, 6) is -0.245. The normalized spacial score (nSPS) is 18.6. The van der Waals surface area contributed by atoms with Gasteiger partial charge in [0.15, 0.2) is 6.29 Å². The molecule has 0 aromatic heterocycles. The van der Waals surface area contributed by atoms with E-state index in [9.17, 15) is 4.79 Å². The summed E-state index contributed by atoms with van der Waals surface area (Å²) in [6.07, 6.45) is 2.62. The Morgan fingerprint density at radius 2 is 2.15 bits per heavy atom. The van der Waals surface area contributed by atoms with E-state index in [2.05, 4.69) is 17.3 Å². The highest BCUT2D eigenvalue weighted by Crippen LogP contribution is 2.15. The molecule has 1 N–H and O–H groups in total. The summed E-state index contributed by atoms with van der Waals surface area (Å²) in [6.45, 7) is 3.70. The average Bonchev–Trinajstić information content (AvgIpc) is 2.53. The third kappa shape index (κ3) is 3.95. The standard InChI is InChI=1S/C15H22N2O3/c1-3-17(2)13-9-7-12(8-10-13)15(18)16-20-14-6-4-5-11-19-14/h7-10,14H,3-6,11H2,1-2H3,(H,16,18)/t14-/m0/s1. The number of anilines is 1. The highest BCUT2D eigenvalue weighted by Gasteiger charge is 2.16. The van der Waals surface area contributed by atoms with Crippen molar-refractivity contribution in [3.8, 4) is 0 Å². The molecule has 1 amide bonds. The van der Waals surface area contributed by atoms with Crippen molar-refractivity contribution >= 4 is 11.6 Å². The third-order valence-electron chi connectivity index (χ3n) is 3.47. The number of benzene rings is 1. The molecule has 1 aliphatic heterocycles. The van der Waals surface area contributed by atoms with Crippen LogP contribution in [0.1, 0.15) is 36.5 Å². The SMILES string of the molecule is CCN(C)c1ccc(C(=O)NO[C@H]2CCCCO2)cc1. The molecular weight excluding hydrogens is 256 g/mol. The number of nitrogens with zero attached hydrogens (tertiary/aromatic N) is 1. The number of ether oxygens (including phenoxy) is 1. The topological polar surface area (TPSA) is 50.8 Å². The summed E-state index contributed by atoms with van der Waals surface area (Å²) in [7, 11) is 2.01. The number of amides is 1. The summed E-state index contributed by atoms with van der Waals surface area (Å²) < 4.78 is 5.39. The van der Waals surface area contributed by atoms with E-state index in [1.165, 1.54) is 0 Å². The maximum Gasteiger partial charge on any atom is 0.274 e. The predicted molar refractivity (Wildman–Crippen MR) is 77.5 cm³/mol. The van der Waals surface area contributed by atoms with Gasteiger partial charge in [-0.2, -0.15) is 0 Å². The van der Waals surface area contributed by atoms with Gasteiger partial charge in [-0.3, -0.25) is 4.79 Å². The van der Waals surface area contributed by atoms with Gasteiger partial charge >= 0.3 is 0 Å². The molecule has 1 heterocycles. The van der Waals surface area contributed by atoms with E-state index in [0.29, 0.717) is 12.2 Å². The van der Waals surface area contributed by atoms with Crippen LogP contribution in [0, 0.1) is 0 Å². The summed E-state index contributed by atoms with van der Waals surface area (Å²) in [5.41, 5.74) is 4.12. The molecule has 1 aliphatic rings. The third-order valence-corrected chi connectivity index (χ3v) is 3.47. The van der Waals surface area contributed by atoms with E-state index in [1.54, 1.807) is 12.1 Å². The first-order chi connectivity index (χ1) is 9.70. The van der Waals surface area contributed by atoms with Gasteiger partial charge in [-0.05, 0) is 44.0 Å². The molecule has 0 bridgehead atoms. The molecule has 1 saturated heterocycles. The van der Waals surface area contributed by atoms with Crippen LogP contribution >= 0.6 is 0 Å². The van der Waals surface area contributed by atoms with Crippen LogP contribution in [0.3, 0.4) is 0 Å². The fourth-order valence-corrected chi connectivity index (χ4v) is 2.03. The Morgan fingerprint density at radius 1 is 1.40 bits per heavy atom. The predicted octanol–water partition coefficient (Wildman–Crippen LogP) is 2.33. The second-order valence-corrected chi connectivity index (χ2v) is 4.91. The molecule has 2 rings (SSSR count). The molecule has 0 saturated carbocycles. The summed E-state index contributed by atoms with van der Waals surface area (Å²) in [5, 5.41) is 0. The lowest BCUT2D eigenvalue weighted by Crippen LogP contribution is -2.33. The van der Waals surface area contributed by atoms with E-state index in [0.717, 1.165) is 31.5 Å². The fraction of sp³-hybridized carbons (Fsp3) is 0.533. The maximum atomic E-state index is 11.9. The lowest BCUT2D eigenvalue weighted by atomic mass is 10.2. The van der Waals surface area contributed by atoms with Crippen LogP contribution in [0.15, 0.2) is 24.3 Å². The molecule has 1 fully saturated rings. The summed E-state index contributed by atoms with van der Waals surface area (Å²) in [4.78, 5) is 19.3. The van der Waals surface area contributed by atoms with Crippen molar-refractivity contribution in [2.45, 2.75) is 32.5 Å². The van der Waals surface area contributed by atoms with E-state index >= 15 is 0 Å². The molecule has 0 aliphatic carbocycles. The van der Waals surface area contributed by atoms with E-state index in [-0.39, 0.29) is 12.2 Å². The summed E-state index contributed by atoms with van der Waals surface area (Å²) in [6, 6.07) is 7.44. The Balaban J connectivity index is 1.85.